The minimum absolute atomic E-state index is 0.0360. The summed E-state index contributed by atoms with van der Waals surface area (Å²) in [5.74, 6) is 0. The maximum atomic E-state index is 12.0. The Morgan fingerprint density at radius 1 is 1.39 bits per heavy atom. The summed E-state index contributed by atoms with van der Waals surface area (Å²) in [6.07, 6.45) is 1.63. The van der Waals surface area contributed by atoms with Crippen molar-refractivity contribution in [1.82, 2.24) is 4.90 Å². The lowest BCUT2D eigenvalue weighted by Crippen LogP contribution is -2.44. The van der Waals surface area contributed by atoms with Crippen molar-refractivity contribution in [2.75, 3.05) is 26.3 Å². The van der Waals surface area contributed by atoms with Crippen LogP contribution >= 0.6 is 0 Å². The second kappa shape index (κ2) is 4.70. The Morgan fingerprint density at radius 2 is 2.00 bits per heavy atom. The number of rotatable bonds is 0. The average molecular weight is 256 g/mol. The summed E-state index contributed by atoms with van der Waals surface area (Å²) in [6.45, 7) is 8.43. The second-order valence-corrected chi connectivity index (χ2v) is 6.44. The summed E-state index contributed by atoms with van der Waals surface area (Å²) in [7, 11) is 0. The molecule has 1 amide bonds. The zero-order valence-corrected chi connectivity index (χ0v) is 11.6. The van der Waals surface area contributed by atoms with Gasteiger partial charge in [-0.25, -0.2) is 4.79 Å². The van der Waals surface area contributed by atoms with Crippen LogP contribution in [0.4, 0.5) is 4.79 Å². The van der Waals surface area contributed by atoms with E-state index < -0.39 is 5.60 Å². The predicted molar refractivity (Wildman–Crippen MR) is 68.3 cm³/mol. The van der Waals surface area contributed by atoms with Crippen LogP contribution in [0.2, 0.25) is 0 Å². The standard InChI is InChI=1S/C13H24N2O3/c1-12(2,3)18-11(16)15-8-10(14)13(9-15)4-6-17-7-5-13/h10H,4-9,14H2,1-3H3. The molecule has 0 aromatic heterocycles. The van der Waals surface area contributed by atoms with Gasteiger partial charge in [0, 0.05) is 37.8 Å². The number of ether oxygens (including phenoxy) is 2. The van der Waals surface area contributed by atoms with Crippen molar-refractivity contribution in [3.05, 3.63) is 0 Å². The topological polar surface area (TPSA) is 64.8 Å². The molecule has 0 aliphatic carbocycles. The van der Waals surface area contributed by atoms with Gasteiger partial charge in [-0.15, -0.1) is 0 Å². The van der Waals surface area contributed by atoms with E-state index in [4.69, 9.17) is 15.2 Å². The van der Waals surface area contributed by atoms with Crippen LogP contribution in [0.3, 0.4) is 0 Å². The lowest BCUT2D eigenvalue weighted by molar-refractivity contribution is 0.00515. The molecule has 2 fully saturated rings. The zero-order valence-electron chi connectivity index (χ0n) is 11.6. The Balaban J connectivity index is 1.99. The SMILES string of the molecule is CC(C)(C)OC(=O)N1CC(N)C2(CCOCC2)C1. The van der Waals surface area contributed by atoms with Gasteiger partial charge in [0.25, 0.3) is 0 Å². The Hall–Kier alpha value is -0.810. The molecule has 2 aliphatic heterocycles. The highest BCUT2D eigenvalue weighted by Gasteiger charge is 2.47. The molecule has 0 saturated carbocycles. The highest BCUT2D eigenvalue weighted by atomic mass is 16.6. The third-order valence-electron chi connectivity index (χ3n) is 3.85. The highest BCUT2D eigenvalue weighted by molar-refractivity contribution is 5.68. The first-order chi connectivity index (χ1) is 8.32. The van der Waals surface area contributed by atoms with E-state index in [1.807, 2.05) is 20.8 Å². The van der Waals surface area contributed by atoms with E-state index in [9.17, 15) is 4.79 Å². The van der Waals surface area contributed by atoms with Gasteiger partial charge < -0.3 is 20.1 Å². The number of carbonyl (C=O) groups is 1. The lowest BCUT2D eigenvalue weighted by Gasteiger charge is -2.36. The van der Waals surface area contributed by atoms with Crippen molar-refractivity contribution < 1.29 is 14.3 Å². The maximum Gasteiger partial charge on any atom is 0.410 e. The van der Waals surface area contributed by atoms with E-state index in [1.54, 1.807) is 4.90 Å². The summed E-state index contributed by atoms with van der Waals surface area (Å²) >= 11 is 0. The maximum absolute atomic E-state index is 12.0. The quantitative estimate of drug-likeness (QED) is 0.711. The van der Waals surface area contributed by atoms with Gasteiger partial charge in [0.05, 0.1) is 0 Å². The Labute approximate surface area is 109 Å². The average Bonchev–Trinajstić information content (AvgIpc) is 2.56. The van der Waals surface area contributed by atoms with Gasteiger partial charge in [-0.2, -0.15) is 0 Å². The largest absolute Gasteiger partial charge is 0.444 e. The van der Waals surface area contributed by atoms with Crippen LogP contribution in [0, 0.1) is 5.41 Å². The molecular formula is C13H24N2O3. The molecule has 2 N–H and O–H groups in total. The number of nitrogens with two attached hydrogens (primary N) is 1. The molecule has 2 aliphatic rings. The number of hydrogen-bond donors (Lipinski definition) is 1. The van der Waals surface area contributed by atoms with E-state index >= 15 is 0 Å². The number of nitrogens with zero attached hydrogens (tertiary/aromatic N) is 1. The Bertz CT molecular complexity index is 319. The van der Waals surface area contributed by atoms with Crippen molar-refractivity contribution in [1.29, 1.82) is 0 Å². The fourth-order valence-electron chi connectivity index (χ4n) is 2.77. The number of carbonyl (C=O) groups excluding carboxylic acids is 1. The van der Waals surface area contributed by atoms with Crippen LogP contribution in [0.25, 0.3) is 0 Å². The molecular weight excluding hydrogens is 232 g/mol. The van der Waals surface area contributed by atoms with Crippen LogP contribution in [-0.2, 0) is 9.47 Å². The minimum Gasteiger partial charge on any atom is -0.444 e. The van der Waals surface area contributed by atoms with E-state index in [0.717, 1.165) is 26.1 Å². The van der Waals surface area contributed by atoms with Gasteiger partial charge in [-0.3, -0.25) is 0 Å². The molecule has 1 unspecified atom stereocenters. The fourth-order valence-corrected chi connectivity index (χ4v) is 2.77. The highest BCUT2D eigenvalue weighted by Crippen LogP contribution is 2.39. The Morgan fingerprint density at radius 3 is 2.56 bits per heavy atom. The number of hydrogen-bond acceptors (Lipinski definition) is 4. The molecule has 0 bridgehead atoms. The normalized spacial score (nSPS) is 27.6. The molecule has 1 spiro atoms. The van der Waals surface area contributed by atoms with Crippen LogP contribution in [0.1, 0.15) is 33.6 Å². The molecule has 2 saturated heterocycles. The van der Waals surface area contributed by atoms with Crippen LogP contribution in [0.5, 0.6) is 0 Å². The first-order valence-corrected chi connectivity index (χ1v) is 6.64. The van der Waals surface area contributed by atoms with Gasteiger partial charge in [-0.1, -0.05) is 0 Å². The van der Waals surface area contributed by atoms with Crippen LogP contribution in [0.15, 0.2) is 0 Å². The molecule has 0 aromatic carbocycles. The monoisotopic (exact) mass is 256 g/mol. The summed E-state index contributed by atoms with van der Waals surface area (Å²) < 4.78 is 10.8. The van der Waals surface area contributed by atoms with Crippen LogP contribution < -0.4 is 5.73 Å². The van der Waals surface area contributed by atoms with Crippen molar-refractivity contribution in [3.63, 3.8) is 0 Å². The van der Waals surface area contributed by atoms with Crippen molar-refractivity contribution in [2.24, 2.45) is 11.1 Å². The van der Waals surface area contributed by atoms with Crippen molar-refractivity contribution >= 4 is 6.09 Å². The Kier molecular flexibility index (Phi) is 3.56. The molecule has 2 heterocycles. The summed E-state index contributed by atoms with van der Waals surface area (Å²) in [6, 6.07) is 0.0360. The van der Waals surface area contributed by atoms with E-state index in [0.29, 0.717) is 13.1 Å². The smallest absolute Gasteiger partial charge is 0.410 e. The van der Waals surface area contributed by atoms with Gasteiger partial charge in [0.2, 0.25) is 0 Å². The third-order valence-corrected chi connectivity index (χ3v) is 3.85. The van der Waals surface area contributed by atoms with E-state index in [2.05, 4.69) is 0 Å². The van der Waals surface area contributed by atoms with Crippen molar-refractivity contribution in [3.8, 4) is 0 Å². The molecule has 0 radical (unpaired) electrons. The number of likely N-dealkylation sites (tertiary alicyclic amines) is 1. The summed E-state index contributed by atoms with van der Waals surface area (Å²) in [5.41, 5.74) is 5.82. The van der Waals surface area contributed by atoms with Gasteiger partial charge >= 0.3 is 6.09 Å². The number of amides is 1. The lowest BCUT2D eigenvalue weighted by atomic mass is 9.76. The fraction of sp³-hybridized carbons (Fsp3) is 0.923. The molecule has 18 heavy (non-hydrogen) atoms. The molecule has 2 rings (SSSR count). The van der Waals surface area contributed by atoms with E-state index in [-0.39, 0.29) is 17.6 Å². The molecule has 0 aromatic rings. The first kappa shape index (κ1) is 13.6. The van der Waals surface area contributed by atoms with Gasteiger partial charge in [-0.05, 0) is 33.6 Å². The summed E-state index contributed by atoms with van der Waals surface area (Å²) in [4.78, 5) is 13.8. The second-order valence-electron chi connectivity index (χ2n) is 6.44. The predicted octanol–water partition coefficient (Wildman–Crippen LogP) is 1.36. The van der Waals surface area contributed by atoms with Crippen LogP contribution in [-0.4, -0.2) is 48.9 Å². The van der Waals surface area contributed by atoms with Crippen molar-refractivity contribution in [2.45, 2.75) is 45.3 Å². The van der Waals surface area contributed by atoms with E-state index in [1.165, 1.54) is 0 Å². The molecule has 5 heteroatoms. The first-order valence-electron chi connectivity index (χ1n) is 6.64. The molecule has 1 atom stereocenters. The third kappa shape index (κ3) is 2.78. The minimum atomic E-state index is -0.452. The summed E-state index contributed by atoms with van der Waals surface area (Å²) in [5, 5.41) is 0. The van der Waals surface area contributed by atoms with Gasteiger partial charge in [0.1, 0.15) is 5.60 Å². The zero-order chi connectivity index (χ0) is 13.4. The molecule has 104 valence electrons. The molecule has 5 nitrogen and oxygen atoms in total. The van der Waals surface area contributed by atoms with Gasteiger partial charge in [0.15, 0.2) is 0 Å².